The van der Waals surface area contributed by atoms with Gasteiger partial charge in [0.1, 0.15) is 18.8 Å². The summed E-state index contributed by atoms with van der Waals surface area (Å²) in [5, 5.41) is 3.99. The van der Waals surface area contributed by atoms with Crippen LogP contribution in [0.25, 0.3) is 5.95 Å². The first kappa shape index (κ1) is 13.7. The van der Waals surface area contributed by atoms with Crippen LogP contribution in [0.2, 0.25) is 0 Å². The van der Waals surface area contributed by atoms with E-state index >= 15 is 0 Å². The van der Waals surface area contributed by atoms with Gasteiger partial charge in [-0.25, -0.2) is 10.8 Å². The van der Waals surface area contributed by atoms with Gasteiger partial charge in [-0.2, -0.15) is 24.7 Å². The first-order chi connectivity index (χ1) is 10.2. The summed E-state index contributed by atoms with van der Waals surface area (Å²) in [5.74, 6) is 6.69. The van der Waals surface area contributed by atoms with Crippen molar-refractivity contribution in [3.63, 3.8) is 0 Å². The van der Waals surface area contributed by atoms with Gasteiger partial charge in [0.2, 0.25) is 5.95 Å². The molecule has 3 N–H and O–H groups in total. The lowest BCUT2D eigenvalue weighted by atomic mass is 9.89. The lowest BCUT2D eigenvalue weighted by Gasteiger charge is -2.25. The zero-order chi connectivity index (χ0) is 14.7. The molecule has 0 saturated heterocycles. The molecule has 2 aromatic rings. The summed E-state index contributed by atoms with van der Waals surface area (Å²) in [7, 11) is 0. The summed E-state index contributed by atoms with van der Waals surface area (Å²) in [6.07, 6.45) is 7.39. The highest BCUT2D eigenvalue weighted by atomic mass is 16.5. The zero-order valence-corrected chi connectivity index (χ0v) is 11.8. The fourth-order valence-electron chi connectivity index (χ4n) is 2.37. The number of nitrogens with two attached hydrogens (primary N) is 1. The van der Waals surface area contributed by atoms with E-state index in [1.807, 2.05) is 0 Å². The molecule has 1 fully saturated rings. The molecular formula is C12H18N8O. The van der Waals surface area contributed by atoms with Gasteiger partial charge in [-0.15, -0.1) is 0 Å². The Morgan fingerprint density at radius 2 is 2.05 bits per heavy atom. The minimum atomic E-state index is 0.137. The van der Waals surface area contributed by atoms with E-state index in [2.05, 4.69) is 37.4 Å². The summed E-state index contributed by atoms with van der Waals surface area (Å²) in [5.41, 5.74) is 2.41. The normalized spacial score (nSPS) is 22.0. The van der Waals surface area contributed by atoms with Gasteiger partial charge in [-0.1, -0.05) is 6.92 Å². The van der Waals surface area contributed by atoms with Crippen LogP contribution in [0, 0.1) is 5.92 Å². The fourth-order valence-corrected chi connectivity index (χ4v) is 2.37. The number of ether oxygens (including phenoxy) is 1. The molecule has 0 unspecified atom stereocenters. The first-order valence-corrected chi connectivity index (χ1v) is 6.99. The molecule has 0 bridgehead atoms. The molecule has 0 radical (unpaired) electrons. The van der Waals surface area contributed by atoms with Crippen LogP contribution in [-0.4, -0.2) is 35.8 Å². The van der Waals surface area contributed by atoms with Crippen LogP contribution in [0.5, 0.6) is 6.01 Å². The van der Waals surface area contributed by atoms with E-state index in [4.69, 9.17) is 10.6 Å². The molecular weight excluding hydrogens is 272 g/mol. The monoisotopic (exact) mass is 290 g/mol. The number of hydrogen-bond donors (Lipinski definition) is 2. The Balaban J connectivity index is 1.79. The van der Waals surface area contributed by atoms with Gasteiger partial charge in [0.15, 0.2) is 0 Å². The van der Waals surface area contributed by atoms with Crippen molar-refractivity contribution >= 4 is 5.95 Å². The average molecular weight is 290 g/mol. The summed E-state index contributed by atoms with van der Waals surface area (Å²) in [6.45, 7) is 2.26. The Kier molecular flexibility index (Phi) is 3.91. The number of rotatable bonds is 4. The molecule has 2 heterocycles. The van der Waals surface area contributed by atoms with E-state index in [0.29, 0.717) is 5.95 Å². The van der Waals surface area contributed by atoms with Gasteiger partial charge in [0.05, 0.1) is 0 Å². The quantitative estimate of drug-likeness (QED) is 0.624. The molecule has 0 amide bonds. The fraction of sp³-hybridized carbons (Fsp3) is 0.583. The number of aromatic nitrogens is 6. The number of nitrogens with zero attached hydrogens (tertiary/aromatic N) is 6. The van der Waals surface area contributed by atoms with Crippen molar-refractivity contribution in [3.8, 4) is 12.0 Å². The van der Waals surface area contributed by atoms with Gasteiger partial charge in [0, 0.05) is 0 Å². The van der Waals surface area contributed by atoms with Gasteiger partial charge < -0.3 is 4.74 Å². The van der Waals surface area contributed by atoms with Crippen LogP contribution in [0.3, 0.4) is 0 Å². The topological polar surface area (TPSA) is 117 Å². The predicted octanol–water partition coefficient (Wildman–Crippen LogP) is 0.695. The van der Waals surface area contributed by atoms with Gasteiger partial charge in [-0.3, -0.25) is 5.43 Å². The highest BCUT2D eigenvalue weighted by Gasteiger charge is 2.21. The Labute approximate surface area is 121 Å². The van der Waals surface area contributed by atoms with Crippen LogP contribution in [0.1, 0.15) is 32.6 Å². The Hall–Kier alpha value is -2.29. The molecule has 0 atom stereocenters. The number of nitrogens with one attached hydrogen (secondary N) is 1. The van der Waals surface area contributed by atoms with Crippen LogP contribution < -0.4 is 16.0 Å². The minimum absolute atomic E-state index is 0.137. The lowest BCUT2D eigenvalue weighted by molar-refractivity contribution is 0.124. The standard InChI is InChI=1S/C12H18N8O/c1-8-2-4-9(5-3-8)21-12-17-10(19-13)16-11(18-12)20-7-14-6-15-20/h6-9H,2-5,13H2,1H3,(H,16,17,18,19). The lowest BCUT2D eigenvalue weighted by Crippen LogP contribution is -2.25. The second-order valence-corrected chi connectivity index (χ2v) is 5.23. The van der Waals surface area contributed by atoms with E-state index in [1.54, 1.807) is 0 Å². The first-order valence-electron chi connectivity index (χ1n) is 6.99. The Morgan fingerprint density at radius 1 is 1.24 bits per heavy atom. The minimum Gasteiger partial charge on any atom is -0.460 e. The van der Waals surface area contributed by atoms with E-state index in [-0.39, 0.29) is 18.1 Å². The largest absolute Gasteiger partial charge is 0.460 e. The van der Waals surface area contributed by atoms with Gasteiger partial charge >= 0.3 is 6.01 Å². The molecule has 3 rings (SSSR count). The van der Waals surface area contributed by atoms with Crippen LogP contribution in [0.15, 0.2) is 12.7 Å². The maximum absolute atomic E-state index is 5.87. The summed E-state index contributed by atoms with van der Waals surface area (Å²) in [4.78, 5) is 16.4. The third-order valence-electron chi connectivity index (χ3n) is 3.59. The predicted molar refractivity (Wildman–Crippen MR) is 74.6 cm³/mol. The van der Waals surface area contributed by atoms with E-state index < -0.39 is 0 Å². The van der Waals surface area contributed by atoms with Gasteiger partial charge in [0.25, 0.3) is 5.95 Å². The van der Waals surface area contributed by atoms with Crippen LogP contribution in [0.4, 0.5) is 5.95 Å². The molecule has 1 aliphatic carbocycles. The smallest absolute Gasteiger partial charge is 0.323 e. The molecule has 1 saturated carbocycles. The molecule has 112 valence electrons. The second-order valence-electron chi connectivity index (χ2n) is 5.23. The zero-order valence-electron chi connectivity index (χ0n) is 11.8. The molecule has 9 nitrogen and oxygen atoms in total. The maximum Gasteiger partial charge on any atom is 0.323 e. The molecule has 1 aliphatic rings. The highest BCUT2D eigenvalue weighted by molar-refractivity contribution is 5.28. The third-order valence-corrected chi connectivity index (χ3v) is 3.59. The molecule has 0 aliphatic heterocycles. The second kappa shape index (κ2) is 6.00. The van der Waals surface area contributed by atoms with Crippen molar-refractivity contribution < 1.29 is 4.74 Å². The summed E-state index contributed by atoms with van der Waals surface area (Å²) >= 11 is 0. The van der Waals surface area contributed by atoms with Crippen molar-refractivity contribution in [2.24, 2.45) is 11.8 Å². The van der Waals surface area contributed by atoms with Crippen molar-refractivity contribution in [1.82, 2.24) is 29.7 Å². The molecule has 9 heteroatoms. The summed E-state index contributed by atoms with van der Waals surface area (Å²) < 4.78 is 7.29. The average Bonchev–Trinajstić information content (AvgIpc) is 3.04. The number of anilines is 1. The molecule has 0 aromatic carbocycles. The SMILES string of the molecule is CC1CCC(Oc2nc(NN)nc(-n3cncn3)n2)CC1. The Bertz CT molecular complexity index is 579. The molecule has 2 aromatic heterocycles. The van der Waals surface area contributed by atoms with Crippen molar-refractivity contribution in [3.05, 3.63) is 12.7 Å². The van der Waals surface area contributed by atoms with Crippen molar-refractivity contribution in [2.45, 2.75) is 38.7 Å². The third kappa shape index (κ3) is 3.24. The van der Waals surface area contributed by atoms with E-state index in [1.165, 1.54) is 17.3 Å². The maximum atomic E-state index is 5.87. The number of hydrogen-bond acceptors (Lipinski definition) is 8. The number of hydrazine groups is 1. The van der Waals surface area contributed by atoms with Crippen LogP contribution in [-0.2, 0) is 0 Å². The Morgan fingerprint density at radius 3 is 2.71 bits per heavy atom. The number of nitrogen functional groups attached to an aromatic ring is 1. The molecule has 21 heavy (non-hydrogen) atoms. The van der Waals surface area contributed by atoms with E-state index in [0.717, 1.165) is 31.6 Å². The van der Waals surface area contributed by atoms with Crippen molar-refractivity contribution in [1.29, 1.82) is 0 Å². The van der Waals surface area contributed by atoms with E-state index in [9.17, 15) is 0 Å². The van der Waals surface area contributed by atoms with Crippen LogP contribution >= 0.6 is 0 Å². The van der Waals surface area contributed by atoms with Crippen molar-refractivity contribution in [2.75, 3.05) is 5.43 Å². The van der Waals surface area contributed by atoms with Gasteiger partial charge in [-0.05, 0) is 31.6 Å². The highest BCUT2D eigenvalue weighted by Crippen LogP contribution is 2.26. The summed E-state index contributed by atoms with van der Waals surface area (Å²) in [6, 6.07) is 0.253. The molecule has 0 spiro atoms.